The Hall–Kier alpha value is -4.56. The number of rotatable bonds is 11. The fourth-order valence-corrected chi connectivity index (χ4v) is 6.35. The maximum Gasteiger partial charge on any atom is 0.134 e. The van der Waals surface area contributed by atoms with Gasteiger partial charge in [0.05, 0.1) is 6.20 Å². The molecule has 0 atom stereocenters. The molecule has 0 spiro atoms. The predicted octanol–water partition coefficient (Wildman–Crippen LogP) is 6.92. The number of hydrogen-bond acceptors (Lipinski definition) is 6. The van der Waals surface area contributed by atoms with Crippen LogP contribution in [0, 0.1) is 0 Å². The van der Waals surface area contributed by atoms with E-state index in [9.17, 15) is 0 Å². The van der Waals surface area contributed by atoms with Crippen LogP contribution in [0.25, 0.3) is 11.1 Å². The topological polar surface area (TPSA) is 67.2 Å². The first kappa shape index (κ1) is 33.3. The van der Waals surface area contributed by atoms with E-state index < -0.39 is 0 Å². The van der Waals surface area contributed by atoms with Gasteiger partial charge in [-0.3, -0.25) is 4.68 Å². The van der Waals surface area contributed by atoms with Crippen molar-refractivity contribution in [2.75, 3.05) is 45.8 Å². The fourth-order valence-electron chi connectivity index (χ4n) is 6.35. The first-order valence-electron chi connectivity index (χ1n) is 17.5. The lowest BCUT2D eigenvalue weighted by atomic mass is 9.86. The highest BCUT2D eigenvalue weighted by molar-refractivity contribution is 6.04. The van der Waals surface area contributed by atoms with E-state index in [4.69, 9.17) is 4.74 Å². The zero-order valence-corrected chi connectivity index (χ0v) is 27.9. The van der Waals surface area contributed by atoms with Gasteiger partial charge in [0.1, 0.15) is 18.1 Å². The van der Waals surface area contributed by atoms with Gasteiger partial charge in [-0.25, -0.2) is 0 Å². The largest absolute Gasteiger partial charge is 0.487 e. The number of nitrogens with zero attached hydrogens (tertiary/aromatic N) is 4. The molecule has 5 aromatic rings. The molecule has 4 aromatic carbocycles. The van der Waals surface area contributed by atoms with Gasteiger partial charge >= 0.3 is 0 Å². The second-order valence-corrected chi connectivity index (χ2v) is 12.4. The monoisotopic (exact) mass is 640 g/mol. The number of aromatic nitrogens is 3. The summed E-state index contributed by atoms with van der Waals surface area (Å²) in [6.45, 7) is 9.00. The van der Waals surface area contributed by atoms with Gasteiger partial charge in [0, 0.05) is 6.54 Å². The molecule has 0 saturated carbocycles. The smallest absolute Gasteiger partial charge is 0.134 e. The molecule has 0 radical (unpaired) electrons. The molecule has 0 amide bonds. The number of hydrogen-bond donors (Lipinski definition) is 2. The van der Waals surface area contributed by atoms with Crippen molar-refractivity contribution in [3.05, 3.63) is 149 Å². The molecule has 1 aliphatic heterocycles. The van der Waals surface area contributed by atoms with Crippen molar-refractivity contribution in [2.45, 2.75) is 38.8 Å². The Balaban J connectivity index is 1.10. The molecule has 0 unspecified atom stereocenters. The van der Waals surface area contributed by atoms with Crippen molar-refractivity contribution < 1.29 is 4.74 Å². The van der Waals surface area contributed by atoms with Gasteiger partial charge in [0.15, 0.2) is 0 Å². The molecule has 1 saturated heterocycles. The van der Waals surface area contributed by atoms with E-state index in [1.165, 1.54) is 47.1 Å². The summed E-state index contributed by atoms with van der Waals surface area (Å²) in [6, 6.07) is 40.3. The van der Waals surface area contributed by atoms with E-state index in [0.717, 1.165) is 75.8 Å². The van der Waals surface area contributed by atoms with E-state index in [1.54, 1.807) is 0 Å². The fraction of sp³-hybridized carbons (Fsp3) is 0.317. The number of ether oxygens (including phenoxy) is 1. The van der Waals surface area contributed by atoms with Crippen molar-refractivity contribution in [3.8, 4) is 5.75 Å². The Morgan fingerprint density at radius 3 is 1.62 bits per heavy atom. The third-order valence-corrected chi connectivity index (χ3v) is 8.78. The quantitative estimate of drug-likeness (QED) is 0.153. The standard InChI is InChI=1S/C41H48N6O/c1-4-14-34(15-5-1)40(35-16-6-2-7-17-35)41(36-18-8-3-9-19-36)37-20-22-39(23-21-37)48-33-38-32-47(45-44-38)31-13-30-46-28-11-26-42-24-10-25-43-27-12-29-46/h1-9,14-23,32,42-43H,10-13,24-31,33H2. The van der Waals surface area contributed by atoms with Gasteiger partial charge in [-0.05, 0) is 117 Å². The van der Waals surface area contributed by atoms with Gasteiger partial charge in [-0.1, -0.05) is 108 Å². The number of benzene rings is 4. The summed E-state index contributed by atoms with van der Waals surface area (Å²) in [5, 5.41) is 15.9. The minimum Gasteiger partial charge on any atom is -0.487 e. The molecule has 6 rings (SSSR count). The molecule has 0 bridgehead atoms. The van der Waals surface area contributed by atoms with Gasteiger partial charge in [-0.15, -0.1) is 5.10 Å². The van der Waals surface area contributed by atoms with Crippen LogP contribution in [0.15, 0.2) is 121 Å². The molecule has 7 heteroatoms. The molecule has 248 valence electrons. The van der Waals surface area contributed by atoms with Crippen LogP contribution < -0.4 is 15.4 Å². The van der Waals surface area contributed by atoms with Crippen molar-refractivity contribution in [1.29, 1.82) is 0 Å². The maximum atomic E-state index is 6.19. The summed E-state index contributed by atoms with van der Waals surface area (Å²) in [7, 11) is 0. The Morgan fingerprint density at radius 2 is 1.08 bits per heavy atom. The minimum atomic E-state index is 0.381. The summed E-state index contributed by atoms with van der Waals surface area (Å²) >= 11 is 0. The van der Waals surface area contributed by atoms with Crippen LogP contribution in [0.1, 0.15) is 53.6 Å². The summed E-state index contributed by atoms with van der Waals surface area (Å²) in [4.78, 5) is 2.59. The SMILES string of the molecule is c1ccc(C(=C(c2ccccc2)c2ccc(OCc3cn(CCCN4CCCNCCCNCCC4)nn3)cc2)c2ccccc2)cc1. The normalized spacial score (nSPS) is 14.8. The third-order valence-electron chi connectivity index (χ3n) is 8.78. The summed E-state index contributed by atoms with van der Waals surface area (Å²) in [5.74, 6) is 0.806. The maximum absolute atomic E-state index is 6.19. The lowest BCUT2D eigenvalue weighted by Crippen LogP contribution is -2.33. The average molecular weight is 641 g/mol. The van der Waals surface area contributed by atoms with E-state index in [2.05, 4.69) is 141 Å². The van der Waals surface area contributed by atoms with Gasteiger partial charge in [0.2, 0.25) is 0 Å². The van der Waals surface area contributed by atoms with E-state index >= 15 is 0 Å². The summed E-state index contributed by atoms with van der Waals surface area (Å²) < 4.78 is 8.14. The summed E-state index contributed by atoms with van der Waals surface area (Å²) in [6.07, 6.45) is 6.67. The second-order valence-electron chi connectivity index (χ2n) is 12.4. The van der Waals surface area contributed by atoms with Crippen LogP contribution in [0.3, 0.4) is 0 Å². The zero-order chi connectivity index (χ0) is 32.6. The molecule has 1 aromatic heterocycles. The molecular formula is C41H48N6O. The van der Waals surface area contributed by atoms with Crippen molar-refractivity contribution in [3.63, 3.8) is 0 Å². The Bertz CT molecular complexity index is 1620. The van der Waals surface area contributed by atoms with E-state index in [1.807, 2.05) is 10.9 Å². The second kappa shape index (κ2) is 18.1. The first-order chi connectivity index (χ1) is 23.8. The van der Waals surface area contributed by atoms with E-state index in [-0.39, 0.29) is 0 Å². The van der Waals surface area contributed by atoms with Crippen molar-refractivity contribution in [1.82, 2.24) is 30.5 Å². The van der Waals surface area contributed by atoms with Crippen LogP contribution in [-0.2, 0) is 13.2 Å². The molecule has 48 heavy (non-hydrogen) atoms. The van der Waals surface area contributed by atoms with Crippen molar-refractivity contribution in [2.24, 2.45) is 0 Å². The zero-order valence-electron chi connectivity index (χ0n) is 27.9. The average Bonchev–Trinajstić information content (AvgIpc) is 3.59. The molecule has 1 aliphatic rings. The van der Waals surface area contributed by atoms with Crippen LogP contribution >= 0.6 is 0 Å². The van der Waals surface area contributed by atoms with Gasteiger partial charge < -0.3 is 20.3 Å². The lowest BCUT2D eigenvalue weighted by molar-refractivity contribution is 0.253. The van der Waals surface area contributed by atoms with Gasteiger partial charge in [-0.2, -0.15) is 0 Å². The third kappa shape index (κ3) is 9.73. The highest BCUT2D eigenvalue weighted by atomic mass is 16.5. The lowest BCUT2D eigenvalue weighted by Gasteiger charge is -2.23. The predicted molar refractivity (Wildman–Crippen MR) is 196 cm³/mol. The molecule has 1 fully saturated rings. The minimum absolute atomic E-state index is 0.381. The molecule has 2 heterocycles. The number of nitrogens with one attached hydrogen (secondary N) is 2. The molecule has 7 nitrogen and oxygen atoms in total. The Labute approximate surface area is 285 Å². The van der Waals surface area contributed by atoms with Crippen LogP contribution in [0.5, 0.6) is 5.75 Å². The highest BCUT2D eigenvalue weighted by Crippen LogP contribution is 2.37. The Morgan fingerprint density at radius 1 is 0.583 bits per heavy atom. The highest BCUT2D eigenvalue weighted by Gasteiger charge is 2.16. The first-order valence-corrected chi connectivity index (χ1v) is 17.5. The summed E-state index contributed by atoms with van der Waals surface area (Å²) in [5.41, 5.74) is 7.88. The molecule has 0 aliphatic carbocycles. The molecule has 2 N–H and O–H groups in total. The molecular weight excluding hydrogens is 592 g/mol. The van der Waals surface area contributed by atoms with Crippen LogP contribution in [0.4, 0.5) is 0 Å². The van der Waals surface area contributed by atoms with E-state index in [0.29, 0.717) is 6.61 Å². The van der Waals surface area contributed by atoms with Crippen LogP contribution in [0.2, 0.25) is 0 Å². The van der Waals surface area contributed by atoms with Crippen LogP contribution in [-0.4, -0.2) is 65.7 Å². The Kier molecular flexibility index (Phi) is 12.6. The van der Waals surface area contributed by atoms with Crippen molar-refractivity contribution >= 4 is 11.1 Å². The number of aryl methyl sites for hydroxylation is 1. The van der Waals surface area contributed by atoms with Gasteiger partial charge in [0.25, 0.3) is 0 Å².